The fourth-order valence-corrected chi connectivity index (χ4v) is 3.79. The van der Waals surface area contributed by atoms with Crippen LogP contribution >= 0.6 is 0 Å². The number of benzene rings is 2. The van der Waals surface area contributed by atoms with E-state index >= 15 is 0 Å². The lowest BCUT2D eigenvalue weighted by atomic mass is 10.1. The number of hydrogen-bond acceptors (Lipinski definition) is 5. The topological polar surface area (TPSA) is 89.7 Å². The van der Waals surface area contributed by atoms with Crippen LogP contribution in [0.3, 0.4) is 0 Å². The minimum Gasteiger partial charge on any atom is -0.348 e. The number of anilines is 2. The van der Waals surface area contributed by atoms with Crippen molar-refractivity contribution in [1.29, 1.82) is 0 Å². The van der Waals surface area contributed by atoms with Gasteiger partial charge in [0.15, 0.2) is 5.82 Å². The molecule has 0 saturated carbocycles. The van der Waals surface area contributed by atoms with Gasteiger partial charge in [-0.25, -0.2) is 9.67 Å². The average molecular weight is 413 g/mol. The van der Waals surface area contributed by atoms with Gasteiger partial charge in [-0.3, -0.25) is 4.79 Å². The summed E-state index contributed by atoms with van der Waals surface area (Å²) in [6.45, 7) is 4.67. The van der Waals surface area contributed by atoms with Crippen LogP contribution in [-0.4, -0.2) is 30.2 Å². The fraction of sp³-hybridized carbons (Fsp3) is 0.217. The molecule has 1 aliphatic heterocycles. The highest BCUT2D eigenvalue weighted by molar-refractivity contribution is 5.98. The quantitative estimate of drug-likeness (QED) is 0.522. The van der Waals surface area contributed by atoms with Gasteiger partial charge in [0.05, 0.1) is 5.69 Å². The van der Waals surface area contributed by atoms with Gasteiger partial charge >= 0.3 is 0 Å². The Kier molecular flexibility index (Phi) is 4.54. The van der Waals surface area contributed by atoms with Gasteiger partial charge in [0.1, 0.15) is 5.82 Å². The highest BCUT2D eigenvalue weighted by atomic mass is 16.1. The minimum atomic E-state index is -0.0252. The number of nitrogens with one attached hydrogen (secondary N) is 2. The molecule has 2 N–H and O–H groups in total. The highest BCUT2D eigenvalue weighted by Gasteiger charge is 2.19. The van der Waals surface area contributed by atoms with E-state index in [1.165, 1.54) is 0 Å². The first-order chi connectivity index (χ1) is 15.0. The first kappa shape index (κ1) is 19.0. The lowest BCUT2D eigenvalue weighted by molar-refractivity contribution is 0.0966. The fourth-order valence-electron chi connectivity index (χ4n) is 3.79. The molecule has 31 heavy (non-hydrogen) atoms. The number of rotatable bonds is 5. The summed E-state index contributed by atoms with van der Waals surface area (Å²) in [6.07, 6.45) is 2.99. The Morgan fingerprint density at radius 2 is 1.94 bits per heavy atom. The van der Waals surface area contributed by atoms with Crippen LogP contribution in [0.2, 0.25) is 0 Å². The standard InChI is InChI=1S/C23H23N7O/c1-4-17-13-30(14(2)25-17)19-8-5-15(6-9-19)21-27-23(29(3)28-21)26-18-7-10-20-16(11-18)12-24-22(20)31/h5-11,13H,4,12H2,1-3H3,(H,24,31)(H,26,27,28). The van der Waals surface area contributed by atoms with Crippen molar-refractivity contribution in [3.05, 3.63) is 71.3 Å². The van der Waals surface area contributed by atoms with Gasteiger partial charge in [-0.2, -0.15) is 4.98 Å². The maximum Gasteiger partial charge on any atom is 0.251 e. The van der Waals surface area contributed by atoms with Crippen LogP contribution in [-0.2, 0) is 20.0 Å². The van der Waals surface area contributed by atoms with E-state index in [0.29, 0.717) is 18.3 Å². The normalized spacial score (nSPS) is 12.7. The summed E-state index contributed by atoms with van der Waals surface area (Å²) in [5.74, 6) is 2.22. The second kappa shape index (κ2) is 7.39. The molecule has 5 rings (SSSR count). The van der Waals surface area contributed by atoms with Gasteiger partial charge in [-0.05, 0) is 61.4 Å². The molecular weight excluding hydrogens is 390 g/mol. The number of carbonyl (C=O) groups is 1. The Balaban J connectivity index is 1.38. The number of nitrogens with zero attached hydrogens (tertiary/aromatic N) is 5. The molecule has 0 bridgehead atoms. The molecular formula is C23H23N7O. The largest absolute Gasteiger partial charge is 0.348 e. The van der Waals surface area contributed by atoms with Crippen molar-refractivity contribution in [3.63, 3.8) is 0 Å². The number of amides is 1. The van der Waals surface area contributed by atoms with Gasteiger partial charge in [-0.1, -0.05) is 6.92 Å². The molecule has 156 valence electrons. The summed E-state index contributed by atoms with van der Waals surface area (Å²) in [4.78, 5) is 21.0. The molecule has 8 heteroatoms. The first-order valence-corrected chi connectivity index (χ1v) is 10.3. The SMILES string of the molecule is CCc1cn(-c2ccc(-c3nc(Nc4ccc5c(c4)CNC5=O)n(C)n3)cc2)c(C)n1. The smallest absolute Gasteiger partial charge is 0.251 e. The molecule has 1 amide bonds. The first-order valence-electron chi connectivity index (χ1n) is 10.3. The van der Waals surface area contributed by atoms with E-state index in [9.17, 15) is 4.79 Å². The van der Waals surface area contributed by atoms with Crippen LogP contribution in [0.15, 0.2) is 48.7 Å². The van der Waals surface area contributed by atoms with Crippen LogP contribution in [0, 0.1) is 6.92 Å². The Hall–Kier alpha value is -3.94. The number of aryl methyl sites for hydroxylation is 3. The average Bonchev–Trinajstić information content (AvgIpc) is 3.45. The van der Waals surface area contributed by atoms with Crippen molar-refractivity contribution < 1.29 is 4.79 Å². The van der Waals surface area contributed by atoms with Gasteiger partial charge in [0.25, 0.3) is 5.91 Å². The zero-order valence-corrected chi connectivity index (χ0v) is 17.7. The molecule has 0 radical (unpaired) electrons. The van der Waals surface area contributed by atoms with Crippen LogP contribution in [0.1, 0.15) is 34.4 Å². The van der Waals surface area contributed by atoms with Crippen molar-refractivity contribution in [1.82, 2.24) is 29.6 Å². The van der Waals surface area contributed by atoms with E-state index in [4.69, 9.17) is 0 Å². The number of carbonyl (C=O) groups excluding carboxylic acids is 1. The molecule has 0 aliphatic carbocycles. The summed E-state index contributed by atoms with van der Waals surface area (Å²) in [7, 11) is 1.85. The van der Waals surface area contributed by atoms with Crippen LogP contribution in [0.4, 0.5) is 11.6 Å². The van der Waals surface area contributed by atoms with Crippen molar-refractivity contribution in [2.45, 2.75) is 26.8 Å². The zero-order chi connectivity index (χ0) is 21.5. The summed E-state index contributed by atoms with van der Waals surface area (Å²) >= 11 is 0. The van der Waals surface area contributed by atoms with Crippen LogP contribution in [0.25, 0.3) is 17.1 Å². The summed E-state index contributed by atoms with van der Waals surface area (Å²) < 4.78 is 3.81. The third-order valence-corrected chi connectivity index (χ3v) is 5.51. The van der Waals surface area contributed by atoms with Crippen molar-refractivity contribution in [2.24, 2.45) is 7.05 Å². The third-order valence-electron chi connectivity index (χ3n) is 5.51. The molecule has 3 heterocycles. The van der Waals surface area contributed by atoms with E-state index in [-0.39, 0.29) is 5.91 Å². The molecule has 0 unspecified atom stereocenters. The maximum atomic E-state index is 11.7. The van der Waals surface area contributed by atoms with E-state index in [1.807, 2.05) is 44.3 Å². The molecule has 8 nitrogen and oxygen atoms in total. The summed E-state index contributed by atoms with van der Waals surface area (Å²) in [5, 5.41) is 10.7. The summed E-state index contributed by atoms with van der Waals surface area (Å²) in [5.41, 5.74) is 5.65. The molecule has 0 saturated heterocycles. The van der Waals surface area contributed by atoms with Gasteiger partial charge in [0, 0.05) is 42.3 Å². The molecule has 1 aliphatic rings. The molecule has 0 atom stereocenters. The van der Waals surface area contributed by atoms with Gasteiger partial charge in [0.2, 0.25) is 5.95 Å². The van der Waals surface area contributed by atoms with E-state index in [0.717, 1.165) is 46.0 Å². The number of aromatic nitrogens is 5. The highest BCUT2D eigenvalue weighted by Crippen LogP contribution is 2.25. The lowest BCUT2D eigenvalue weighted by Gasteiger charge is -2.06. The van der Waals surface area contributed by atoms with Crippen molar-refractivity contribution in [2.75, 3.05) is 5.32 Å². The maximum absolute atomic E-state index is 11.7. The Morgan fingerprint density at radius 1 is 1.13 bits per heavy atom. The monoisotopic (exact) mass is 413 g/mol. The van der Waals surface area contributed by atoms with Crippen molar-refractivity contribution >= 4 is 17.5 Å². The van der Waals surface area contributed by atoms with E-state index in [1.54, 1.807) is 4.68 Å². The lowest BCUT2D eigenvalue weighted by Crippen LogP contribution is -2.12. The van der Waals surface area contributed by atoms with Crippen molar-refractivity contribution in [3.8, 4) is 17.1 Å². The molecule has 0 fully saturated rings. The zero-order valence-electron chi connectivity index (χ0n) is 17.7. The van der Waals surface area contributed by atoms with Gasteiger partial charge < -0.3 is 15.2 Å². The Bertz CT molecular complexity index is 1280. The number of hydrogen-bond donors (Lipinski definition) is 2. The van der Waals surface area contributed by atoms with E-state index in [2.05, 4.69) is 55.5 Å². The second-order valence-corrected chi connectivity index (χ2v) is 7.61. The second-order valence-electron chi connectivity index (χ2n) is 7.61. The molecule has 2 aromatic heterocycles. The number of imidazole rings is 1. The van der Waals surface area contributed by atoms with Crippen LogP contribution in [0.5, 0.6) is 0 Å². The minimum absolute atomic E-state index is 0.0252. The number of fused-ring (bicyclic) bond motifs is 1. The predicted octanol–water partition coefficient (Wildman–Crippen LogP) is 3.53. The van der Waals surface area contributed by atoms with Gasteiger partial charge in [-0.15, -0.1) is 5.10 Å². The molecule has 0 spiro atoms. The molecule has 2 aromatic carbocycles. The summed E-state index contributed by atoms with van der Waals surface area (Å²) in [6, 6.07) is 13.8. The third kappa shape index (κ3) is 3.46. The Morgan fingerprint density at radius 3 is 2.68 bits per heavy atom. The van der Waals surface area contributed by atoms with E-state index < -0.39 is 0 Å². The Labute approximate surface area is 180 Å². The molecule has 4 aromatic rings. The predicted molar refractivity (Wildman–Crippen MR) is 119 cm³/mol. The van der Waals surface area contributed by atoms with Crippen LogP contribution < -0.4 is 10.6 Å².